The Kier molecular flexibility index (Phi) is 3.58. The molecule has 0 unspecified atom stereocenters. The molecule has 5 nitrogen and oxygen atoms in total. The molecule has 0 aliphatic carbocycles. The standard InChI is InChI=1S/C12H22N2O3/c1-12(2,3)17-11(15)14-6-4-10-9(8-14)13-5-7-16-10/h9-10,13H,4-8H2,1-3H3/t9-,10-/m1/s1. The topological polar surface area (TPSA) is 50.8 Å². The van der Waals surface area contributed by atoms with Crippen LogP contribution in [0.5, 0.6) is 0 Å². The van der Waals surface area contributed by atoms with Gasteiger partial charge in [0.2, 0.25) is 0 Å². The maximum absolute atomic E-state index is 11.9. The van der Waals surface area contributed by atoms with Crippen LogP contribution in [0, 0.1) is 0 Å². The van der Waals surface area contributed by atoms with E-state index in [-0.39, 0.29) is 18.2 Å². The molecular formula is C12H22N2O3. The van der Waals surface area contributed by atoms with Gasteiger partial charge in [-0.15, -0.1) is 0 Å². The third-order valence-corrected chi connectivity index (χ3v) is 3.04. The molecule has 98 valence electrons. The average Bonchev–Trinajstić information content (AvgIpc) is 2.26. The number of carbonyl (C=O) groups is 1. The predicted molar refractivity (Wildman–Crippen MR) is 64.0 cm³/mol. The first-order valence-electron chi connectivity index (χ1n) is 6.28. The van der Waals surface area contributed by atoms with Crippen LogP contribution in [0.2, 0.25) is 0 Å². The number of rotatable bonds is 0. The second-order valence-corrected chi connectivity index (χ2v) is 5.68. The number of likely N-dealkylation sites (tertiary alicyclic amines) is 1. The lowest BCUT2D eigenvalue weighted by Crippen LogP contribution is -2.59. The number of ether oxygens (including phenoxy) is 2. The fourth-order valence-electron chi connectivity index (χ4n) is 2.27. The zero-order valence-electron chi connectivity index (χ0n) is 10.9. The van der Waals surface area contributed by atoms with Crippen LogP contribution in [0.4, 0.5) is 4.79 Å². The van der Waals surface area contributed by atoms with Gasteiger partial charge in [-0.05, 0) is 27.2 Å². The Bertz CT molecular complexity index is 288. The summed E-state index contributed by atoms with van der Waals surface area (Å²) in [6, 6.07) is 0.255. The third kappa shape index (κ3) is 3.33. The van der Waals surface area contributed by atoms with Gasteiger partial charge >= 0.3 is 6.09 Å². The van der Waals surface area contributed by atoms with Crippen LogP contribution < -0.4 is 5.32 Å². The molecule has 0 aromatic carbocycles. The van der Waals surface area contributed by atoms with Crippen LogP contribution in [-0.4, -0.2) is 55.0 Å². The van der Waals surface area contributed by atoms with Crippen molar-refractivity contribution < 1.29 is 14.3 Å². The zero-order chi connectivity index (χ0) is 12.5. The molecule has 0 aromatic rings. The number of nitrogens with zero attached hydrogens (tertiary/aromatic N) is 1. The van der Waals surface area contributed by atoms with Crippen LogP contribution in [0.3, 0.4) is 0 Å². The van der Waals surface area contributed by atoms with E-state index in [9.17, 15) is 4.79 Å². The third-order valence-electron chi connectivity index (χ3n) is 3.04. The molecule has 2 saturated heterocycles. The lowest BCUT2D eigenvalue weighted by atomic mass is 10.0. The molecule has 0 aromatic heterocycles. The van der Waals surface area contributed by atoms with Gasteiger partial charge in [-0.1, -0.05) is 0 Å². The quantitative estimate of drug-likeness (QED) is 0.688. The van der Waals surface area contributed by atoms with E-state index in [1.54, 1.807) is 4.90 Å². The van der Waals surface area contributed by atoms with Gasteiger partial charge in [0.1, 0.15) is 5.60 Å². The second-order valence-electron chi connectivity index (χ2n) is 5.68. The van der Waals surface area contributed by atoms with Crippen molar-refractivity contribution in [2.45, 2.75) is 44.9 Å². The summed E-state index contributed by atoms with van der Waals surface area (Å²) in [5, 5.41) is 3.39. The smallest absolute Gasteiger partial charge is 0.410 e. The summed E-state index contributed by atoms with van der Waals surface area (Å²) in [4.78, 5) is 13.7. The highest BCUT2D eigenvalue weighted by Crippen LogP contribution is 2.19. The van der Waals surface area contributed by atoms with Crippen LogP contribution in [0.1, 0.15) is 27.2 Å². The molecule has 2 heterocycles. The summed E-state index contributed by atoms with van der Waals surface area (Å²) in [5.41, 5.74) is -0.426. The molecular weight excluding hydrogens is 220 g/mol. The molecule has 1 N–H and O–H groups in total. The van der Waals surface area contributed by atoms with Gasteiger partial charge in [-0.3, -0.25) is 0 Å². The largest absolute Gasteiger partial charge is 0.444 e. The number of nitrogens with one attached hydrogen (secondary N) is 1. The molecule has 2 aliphatic heterocycles. The second kappa shape index (κ2) is 4.82. The minimum Gasteiger partial charge on any atom is -0.444 e. The van der Waals surface area contributed by atoms with E-state index in [1.807, 2.05) is 20.8 Å². The Morgan fingerprint density at radius 3 is 2.94 bits per heavy atom. The number of hydrogen-bond donors (Lipinski definition) is 1. The summed E-state index contributed by atoms with van der Waals surface area (Å²) in [7, 11) is 0. The van der Waals surface area contributed by atoms with Crippen molar-refractivity contribution in [2.75, 3.05) is 26.2 Å². The van der Waals surface area contributed by atoms with E-state index in [2.05, 4.69) is 5.32 Å². The first-order chi connectivity index (χ1) is 7.96. The number of fused-ring (bicyclic) bond motifs is 1. The van der Waals surface area contributed by atoms with E-state index < -0.39 is 5.60 Å². The molecule has 0 radical (unpaired) electrons. The van der Waals surface area contributed by atoms with Crippen LogP contribution in [0.15, 0.2) is 0 Å². The van der Waals surface area contributed by atoms with E-state index in [0.717, 1.165) is 26.1 Å². The van der Waals surface area contributed by atoms with E-state index >= 15 is 0 Å². The van der Waals surface area contributed by atoms with Gasteiger partial charge in [0.25, 0.3) is 0 Å². The highest BCUT2D eigenvalue weighted by Gasteiger charge is 2.35. The summed E-state index contributed by atoms with van der Waals surface area (Å²) in [6.45, 7) is 8.70. The fraction of sp³-hybridized carbons (Fsp3) is 0.917. The summed E-state index contributed by atoms with van der Waals surface area (Å²) >= 11 is 0. The predicted octanol–water partition coefficient (Wildman–Crippen LogP) is 0.984. The molecule has 2 atom stereocenters. The Morgan fingerprint density at radius 1 is 1.47 bits per heavy atom. The molecule has 2 aliphatic rings. The molecule has 1 amide bonds. The first kappa shape index (κ1) is 12.6. The number of amides is 1. The van der Waals surface area contributed by atoms with Crippen molar-refractivity contribution in [1.82, 2.24) is 10.2 Å². The fourth-order valence-corrected chi connectivity index (χ4v) is 2.27. The van der Waals surface area contributed by atoms with Gasteiger partial charge in [-0.2, -0.15) is 0 Å². The van der Waals surface area contributed by atoms with Crippen molar-refractivity contribution in [2.24, 2.45) is 0 Å². The zero-order valence-corrected chi connectivity index (χ0v) is 10.9. The molecule has 17 heavy (non-hydrogen) atoms. The number of carbonyl (C=O) groups excluding carboxylic acids is 1. The van der Waals surface area contributed by atoms with Crippen LogP contribution in [-0.2, 0) is 9.47 Å². The lowest BCUT2D eigenvalue weighted by molar-refractivity contribution is -0.0484. The van der Waals surface area contributed by atoms with Gasteiger partial charge < -0.3 is 19.7 Å². The average molecular weight is 242 g/mol. The molecule has 0 spiro atoms. The maximum Gasteiger partial charge on any atom is 0.410 e. The van der Waals surface area contributed by atoms with Crippen molar-refractivity contribution in [3.63, 3.8) is 0 Å². The molecule has 2 fully saturated rings. The Morgan fingerprint density at radius 2 is 2.24 bits per heavy atom. The number of hydrogen-bond acceptors (Lipinski definition) is 4. The summed E-state index contributed by atoms with van der Waals surface area (Å²) in [5.74, 6) is 0. The monoisotopic (exact) mass is 242 g/mol. The highest BCUT2D eigenvalue weighted by molar-refractivity contribution is 5.68. The first-order valence-corrected chi connectivity index (χ1v) is 6.28. The summed E-state index contributed by atoms with van der Waals surface area (Å²) in [6.07, 6.45) is 0.919. The van der Waals surface area contributed by atoms with Crippen LogP contribution in [0.25, 0.3) is 0 Å². The highest BCUT2D eigenvalue weighted by atomic mass is 16.6. The Hall–Kier alpha value is -0.810. The van der Waals surface area contributed by atoms with Crippen LogP contribution >= 0.6 is 0 Å². The molecule has 0 bridgehead atoms. The number of piperidine rings is 1. The van der Waals surface area contributed by atoms with Gasteiger partial charge in [-0.25, -0.2) is 4.79 Å². The van der Waals surface area contributed by atoms with Crippen molar-refractivity contribution in [3.8, 4) is 0 Å². The van der Waals surface area contributed by atoms with Crippen molar-refractivity contribution in [1.29, 1.82) is 0 Å². The van der Waals surface area contributed by atoms with Gasteiger partial charge in [0.05, 0.1) is 18.8 Å². The molecule has 2 rings (SSSR count). The van der Waals surface area contributed by atoms with Crippen molar-refractivity contribution in [3.05, 3.63) is 0 Å². The van der Waals surface area contributed by atoms with Gasteiger partial charge in [0.15, 0.2) is 0 Å². The Balaban J connectivity index is 1.89. The van der Waals surface area contributed by atoms with E-state index in [0.29, 0.717) is 6.54 Å². The summed E-state index contributed by atoms with van der Waals surface area (Å²) < 4.78 is 11.0. The minimum absolute atomic E-state index is 0.219. The Labute approximate surface area is 102 Å². The van der Waals surface area contributed by atoms with E-state index in [1.165, 1.54) is 0 Å². The SMILES string of the molecule is CC(C)(C)OC(=O)N1CC[C@H]2OCCN[C@@H]2C1. The molecule has 5 heteroatoms. The van der Waals surface area contributed by atoms with Crippen molar-refractivity contribution >= 4 is 6.09 Å². The maximum atomic E-state index is 11.9. The van der Waals surface area contributed by atoms with Gasteiger partial charge in [0, 0.05) is 19.6 Å². The lowest BCUT2D eigenvalue weighted by Gasteiger charge is -2.41. The minimum atomic E-state index is -0.426. The molecule has 0 saturated carbocycles. The number of morpholine rings is 1. The normalized spacial score (nSPS) is 29.7. The van der Waals surface area contributed by atoms with E-state index in [4.69, 9.17) is 9.47 Å².